The van der Waals surface area contributed by atoms with E-state index in [9.17, 15) is 9.59 Å². The second-order valence-electron chi connectivity index (χ2n) is 7.40. The highest BCUT2D eigenvalue weighted by atomic mass is 35.5. The lowest BCUT2D eigenvalue weighted by Crippen LogP contribution is -2.22. The summed E-state index contributed by atoms with van der Waals surface area (Å²) in [5, 5.41) is 9.45. The van der Waals surface area contributed by atoms with Crippen molar-refractivity contribution in [1.82, 2.24) is 9.78 Å². The van der Waals surface area contributed by atoms with Crippen LogP contribution in [0.5, 0.6) is 0 Å². The van der Waals surface area contributed by atoms with Crippen LogP contribution in [0.1, 0.15) is 29.3 Å². The van der Waals surface area contributed by atoms with E-state index in [0.29, 0.717) is 38.9 Å². The van der Waals surface area contributed by atoms with Gasteiger partial charge in [0.05, 0.1) is 28.2 Å². The van der Waals surface area contributed by atoms with Gasteiger partial charge in [0.2, 0.25) is 0 Å². The lowest BCUT2D eigenvalue weighted by Gasteiger charge is -2.13. The number of aromatic amines is 1. The molecule has 0 atom stereocenters. The molecule has 1 aliphatic rings. The third kappa shape index (κ3) is 3.39. The van der Waals surface area contributed by atoms with Gasteiger partial charge in [0, 0.05) is 10.7 Å². The molecule has 1 N–H and O–H groups in total. The largest absolute Gasteiger partial charge is 0.295 e. The Balaban J connectivity index is 1.73. The maximum Gasteiger partial charge on any atom is 0.280 e. The summed E-state index contributed by atoms with van der Waals surface area (Å²) < 4.78 is 1.44. The molecule has 7 heteroatoms. The van der Waals surface area contributed by atoms with Crippen LogP contribution in [0.25, 0.3) is 11.8 Å². The molecule has 1 aromatic heterocycles. The van der Waals surface area contributed by atoms with Gasteiger partial charge in [0.25, 0.3) is 11.5 Å². The quantitative estimate of drug-likeness (QED) is 0.631. The van der Waals surface area contributed by atoms with Crippen molar-refractivity contribution < 1.29 is 4.79 Å². The van der Waals surface area contributed by atoms with E-state index in [4.69, 9.17) is 11.6 Å². The van der Waals surface area contributed by atoms with E-state index in [1.807, 2.05) is 32.0 Å². The number of hydrogen-bond acceptors (Lipinski definition) is 3. The second-order valence-corrected chi connectivity index (χ2v) is 7.83. The molecule has 0 aliphatic carbocycles. The molecule has 0 saturated carbocycles. The number of rotatable bonds is 3. The predicted molar refractivity (Wildman–Crippen MR) is 121 cm³/mol. The molecule has 0 unspecified atom stereocenters. The number of nitrogens with one attached hydrogen (secondary N) is 1. The molecule has 6 nitrogen and oxygen atoms in total. The van der Waals surface area contributed by atoms with Crippen molar-refractivity contribution in [3.05, 3.63) is 85.8 Å². The smallest absolute Gasteiger partial charge is 0.280 e. The van der Waals surface area contributed by atoms with Crippen LogP contribution in [0, 0.1) is 20.8 Å². The Morgan fingerprint density at radius 2 is 1.60 bits per heavy atom. The minimum Gasteiger partial charge on any atom is -0.295 e. The highest BCUT2D eigenvalue weighted by molar-refractivity contribution is 6.32. The second kappa shape index (κ2) is 7.46. The molecule has 1 amide bonds. The summed E-state index contributed by atoms with van der Waals surface area (Å²) in [6.07, 6.45) is 1.61. The van der Waals surface area contributed by atoms with Crippen molar-refractivity contribution in [2.75, 3.05) is 5.01 Å². The maximum absolute atomic E-state index is 13.1. The Morgan fingerprint density at radius 1 is 0.933 bits per heavy atom. The fourth-order valence-electron chi connectivity index (χ4n) is 3.36. The van der Waals surface area contributed by atoms with E-state index >= 15 is 0 Å². The van der Waals surface area contributed by atoms with Gasteiger partial charge in [-0.2, -0.15) is 10.1 Å². The molecule has 0 bridgehead atoms. The molecule has 3 aromatic rings. The highest BCUT2D eigenvalue weighted by Gasteiger charge is 2.29. The van der Waals surface area contributed by atoms with Crippen molar-refractivity contribution in [3.8, 4) is 5.69 Å². The first-order valence-corrected chi connectivity index (χ1v) is 9.90. The molecule has 2 aromatic carbocycles. The first-order chi connectivity index (χ1) is 14.3. The monoisotopic (exact) mass is 420 g/mol. The van der Waals surface area contributed by atoms with Gasteiger partial charge in [-0.15, -0.1) is 0 Å². The summed E-state index contributed by atoms with van der Waals surface area (Å²) >= 11 is 5.94. The van der Waals surface area contributed by atoms with Gasteiger partial charge in [-0.25, -0.2) is 4.68 Å². The van der Waals surface area contributed by atoms with Gasteiger partial charge in [0.15, 0.2) is 0 Å². The standard InChI is InChI=1S/C23H21ClN4O2/c1-13-5-8-19(11-14(13)2)28-23(30)21(16(4)26-28)12-20-15(3)25-27(22(20)29)18-9-6-17(24)7-10-18/h5-12,25H,1-4H3/b21-12+. The van der Waals surface area contributed by atoms with Crippen molar-refractivity contribution >= 4 is 35.0 Å². The number of aromatic nitrogens is 2. The zero-order valence-electron chi connectivity index (χ0n) is 17.2. The Bertz CT molecular complexity index is 1280. The Labute approximate surface area is 179 Å². The zero-order valence-corrected chi connectivity index (χ0v) is 17.9. The molecule has 152 valence electrons. The number of halogens is 1. The molecular weight excluding hydrogens is 400 g/mol. The van der Waals surface area contributed by atoms with Crippen molar-refractivity contribution in [1.29, 1.82) is 0 Å². The average Bonchev–Trinajstić information content (AvgIpc) is 3.15. The first-order valence-electron chi connectivity index (χ1n) is 9.53. The minimum absolute atomic E-state index is 0.243. The third-order valence-electron chi connectivity index (χ3n) is 5.29. The van der Waals surface area contributed by atoms with E-state index in [2.05, 4.69) is 10.2 Å². The number of hydrogen-bond donors (Lipinski definition) is 1. The van der Waals surface area contributed by atoms with Crippen LogP contribution < -0.4 is 10.6 Å². The number of carbonyl (C=O) groups excluding carboxylic acids is 1. The van der Waals surface area contributed by atoms with Gasteiger partial charge >= 0.3 is 0 Å². The number of anilines is 1. The average molecular weight is 421 g/mol. The van der Waals surface area contributed by atoms with E-state index < -0.39 is 0 Å². The normalized spacial score (nSPS) is 15.2. The van der Waals surface area contributed by atoms with Crippen LogP contribution in [0.4, 0.5) is 5.69 Å². The zero-order chi connectivity index (χ0) is 21.6. The van der Waals surface area contributed by atoms with Gasteiger partial charge < -0.3 is 0 Å². The third-order valence-corrected chi connectivity index (χ3v) is 5.54. The molecule has 2 heterocycles. The minimum atomic E-state index is -0.256. The van der Waals surface area contributed by atoms with Crippen molar-refractivity contribution in [3.63, 3.8) is 0 Å². The lowest BCUT2D eigenvalue weighted by molar-refractivity contribution is -0.114. The molecule has 4 rings (SSSR count). The van der Waals surface area contributed by atoms with E-state index in [0.717, 1.165) is 11.1 Å². The molecular formula is C23H21ClN4O2. The molecule has 1 aliphatic heterocycles. The lowest BCUT2D eigenvalue weighted by atomic mass is 10.1. The highest BCUT2D eigenvalue weighted by Crippen LogP contribution is 2.26. The number of aryl methyl sites for hydroxylation is 3. The molecule has 0 radical (unpaired) electrons. The molecule has 0 spiro atoms. The summed E-state index contributed by atoms with van der Waals surface area (Å²) in [6.45, 7) is 7.58. The van der Waals surface area contributed by atoms with E-state index in [1.54, 1.807) is 44.2 Å². The van der Waals surface area contributed by atoms with Crippen molar-refractivity contribution in [2.24, 2.45) is 5.10 Å². The number of benzene rings is 2. The number of hydrazone groups is 1. The van der Waals surface area contributed by atoms with Gasteiger partial charge in [-0.3, -0.25) is 14.7 Å². The van der Waals surface area contributed by atoms with Crippen LogP contribution in [0.15, 0.2) is 57.9 Å². The van der Waals surface area contributed by atoms with Gasteiger partial charge in [-0.05, 0) is 81.3 Å². The Hall–Kier alpha value is -3.38. The van der Waals surface area contributed by atoms with Crippen LogP contribution in [-0.2, 0) is 4.79 Å². The fourth-order valence-corrected chi connectivity index (χ4v) is 3.49. The predicted octanol–water partition coefficient (Wildman–Crippen LogP) is 4.55. The fraction of sp³-hybridized carbons (Fsp3) is 0.174. The van der Waals surface area contributed by atoms with Gasteiger partial charge in [0.1, 0.15) is 0 Å². The van der Waals surface area contributed by atoms with Crippen molar-refractivity contribution in [2.45, 2.75) is 27.7 Å². The maximum atomic E-state index is 13.1. The summed E-state index contributed by atoms with van der Waals surface area (Å²) in [5.41, 5.74) is 5.40. The Morgan fingerprint density at radius 3 is 2.27 bits per heavy atom. The number of H-pyrrole nitrogens is 1. The summed E-state index contributed by atoms with van der Waals surface area (Å²) in [5.74, 6) is -0.256. The van der Waals surface area contributed by atoms with E-state index in [-0.39, 0.29) is 11.5 Å². The van der Waals surface area contributed by atoms with E-state index in [1.165, 1.54) is 9.69 Å². The SMILES string of the molecule is CC1=NN(c2ccc(C)c(C)c2)C(=O)/C1=C/c1c(C)[nH]n(-c2ccc(Cl)cc2)c1=O. The van der Waals surface area contributed by atoms with Gasteiger partial charge in [-0.1, -0.05) is 17.7 Å². The van der Waals surface area contributed by atoms with Crippen LogP contribution in [0.2, 0.25) is 5.02 Å². The molecule has 30 heavy (non-hydrogen) atoms. The molecule has 0 saturated heterocycles. The number of carbonyl (C=O) groups is 1. The topological polar surface area (TPSA) is 70.5 Å². The summed E-state index contributed by atoms with van der Waals surface area (Å²) in [6, 6.07) is 12.7. The van der Waals surface area contributed by atoms with Crippen LogP contribution >= 0.6 is 11.6 Å². The first kappa shape index (κ1) is 19.9. The number of nitrogens with zero attached hydrogens (tertiary/aromatic N) is 3. The number of amides is 1. The molecule has 0 fully saturated rings. The summed E-state index contributed by atoms with van der Waals surface area (Å²) in [4.78, 5) is 26.1. The van der Waals surface area contributed by atoms with Crippen LogP contribution in [0.3, 0.4) is 0 Å². The summed E-state index contributed by atoms with van der Waals surface area (Å²) in [7, 11) is 0. The van der Waals surface area contributed by atoms with Crippen LogP contribution in [-0.4, -0.2) is 21.4 Å². The Kier molecular flexibility index (Phi) is 4.95.